The highest BCUT2D eigenvalue weighted by atomic mass is 19.1. The minimum atomic E-state index is -0.574. The fourth-order valence-corrected chi connectivity index (χ4v) is 3.99. The van der Waals surface area contributed by atoms with Gasteiger partial charge in [0, 0.05) is 5.56 Å². The van der Waals surface area contributed by atoms with Gasteiger partial charge >= 0.3 is 5.76 Å². The van der Waals surface area contributed by atoms with E-state index in [4.69, 9.17) is 4.42 Å². The fourth-order valence-electron chi connectivity index (χ4n) is 3.99. The van der Waals surface area contributed by atoms with Gasteiger partial charge in [-0.1, -0.05) is 43.2 Å². The maximum Gasteiger partial charge on any atom is 0.420 e. The highest BCUT2D eigenvalue weighted by Gasteiger charge is 2.29. The van der Waals surface area contributed by atoms with E-state index in [1.54, 1.807) is 42.5 Å². The van der Waals surface area contributed by atoms with Gasteiger partial charge in [0.25, 0.3) is 0 Å². The minimum Gasteiger partial charge on any atom is -0.408 e. The molecule has 0 spiro atoms. The van der Waals surface area contributed by atoms with Gasteiger partial charge in [-0.2, -0.15) is 0 Å². The smallest absolute Gasteiger partial charge is 0.408 e. The molecule has 0 aliphatic heterocycles. The Bertz CT molecular complexity index is 1020. The van der Waals surface area contributed by atoms with Crippen LogP contribution in [0, 0.1) is 11.7 Å². The van der Waals surface area contributed by atoms with Gasteiger partial charge in [0.1, 0.15) is 12.4 Å². The first-order valence-electron chi connectivity index (χ1n) is 9.25. The van der Waals surface area contributed by atoms with Crippen molar-refractivity contribution in [2.75, 3.05) is 0 Å². The van der Waals surface area contributed by atoms with Crippen molar-refractivity contribution in [1.82, 2.24) is 9.88 Å². The number of carbonyl (C=O) groups is 1. The number of amides is 1. The molecule has 27 heavy (non-hydrogen) atoms. The molecule has 1 aromatic heterocycles. The van der Waals surface area contributed by atoms with E-state index in [2.05, 4.69) is 5.32 Å². The number of halogens is 1. The summed E-state index contributed by atoms with van der Waals surface area (Å²) in [6.45, 7) is -0.159. The Balaban J connectivity index is 1.59. The van der Waals surface area contributed by atoms with Crippen molar-refractivity contribution in [1.29, 1.82) is 0 Å². The first-order chi connectivity index (χ1) is 13.1. The van der Waals surface area contributed by atoms with Crippen molar-refractivity contribution in [3.8, 4) is 0 Å². The van der Waals surface area contributed by atoms with E-state index in [0.29, 0.717) is 16.7 Å². The molecule has 1 unspecified atom stereocenters. The Kier molecular flexibility index (Phi) is 4.79. The third-order valence-corrected chi connectivity index (χ3v) is 5.30. The highest BCUT2D eigenvalue weighted by Crippen LogP contribution is 2.36. The summed E-state index contributed by atoms with van der Waals surface area (Å²) >= 11 is 0. The molecule has 0 saturated heterocycles. The van der Waals surface area contributed by atoms with E-state index in [9.17, 15) is 14.0 Å². The van der Waals surface area contributed by atoms with Crippen molar-refractivity contribution in [2.45, 2.75) is 38.3 Å². The molecular formula is C21H21FN2O3. The van der Waals surface area contributed by atoms with Gasteiger partial charge in [-0.25, -0.2) is 9.18 Å². The first-order valence-corrected chi connectivity index (χ1v) is 9.25. The predicted octanol–water partition coefficient (Wildman–Crippen LogP) is 3.78. The summed E-state index contributed by atoms with van der Waals surface area (Å²) in [5, 5.41) is 2.97. The van der Waals surface area contributed by atoms with Crippen LogP contribution in [0.25, 0.3) is 11.1 Å². The largest absolute Gasteiger partial charge is 0.420 e. The van der Waals surface area contributed by atoms with Gasteiger partial charge in [-0.05, 0) is 37.0 Å². The average molecular weight is 368 g/mol. The van der Waals surface area contributed by atoms with Gasteiger partial charge in [0.15, 0.2) is 5.58 Å². The highest BCUT2D eigenvalue weighted by molar-refractivity contribution is 5.79. The van der Waals surface area contributed by atoms with Crippen molar-refractivity contribution in [2.24, 2.45) is 5.92 Å². The molecule has 0 bridgehead atoms. The lowest BCUT2D eigenvalue weighted by atomic mass is 9.91. The lowest BCUT2D eigenvalue weighted by Crippen LogP contribution is -2.37. The van der Waals surface area contributed by atoms with E-state index < -0.39 is 11.8 Å². The Morgan fingerprint density at radius 1 is 1.15 bits per heavy atom. The molecule has 1 aliphatic rings. The van der Waals surface area contributed by atoms with E-state index in [1.165, 1.54) is 10.6 Å². The number of nitrogens with zero attached hydrogens (tertiary/aromatic N) is 1. The number of para-hydroxylation sites is 2. The zero-order valence-electron chi connectivity index (χ0n) is 14.9. The molecule has 5 nitrogen and oxygen atoms in total. The van der Waals surface area contributed by atoms with E-state index in [-0.39, 0.29) is 24.2 Å². The molecule has 1 atom stereocenters. The summed E-state index contributed by atoms with van der Waals surface area (Å²) in [6, 6.07) is 13.1. The number of hydrogen-bond donors (Lipinski definition) is 1. The van der Waals surface area contributed by atoms with E-state index >= 15 is 0 Å². The lowest BCUT2D eigenvalue weighted by molar-refractivity contribution is -0.122. The van der Waals surface area contributed by atoms with Crippen LogP contribution in [0.5, 0.6) is 0 Å². The van der Waals surface area contributed by atoms with Crippen LogP contribution in [-0.2, 0) is 11.3 Å². The topological polar surface area (TPSA) is 64.2 Å². The molecule has 1 amide bonds. The minimum absolute atomic E-state index is 0.159. The maximum atomic E-state index is 14.4. The van der Waals surface area contributed by atoms with Crippen LogP contribution in [0.1, 0.15) is 37.3 Å². The second-order valence-electron chi connectivity index (χ2n) is 7.03. The van der Waals surface area contributed by atoms with Crippen molar-refractivity contribution < 1.29 is 13.6 Å². The number of hydrogen-bond acceptors (Lipinski definition) is 3. The second-order valence-corrected chi connectivity index (χ2v) is 7.03. The zero-order valence-corrected chi connectivity index (χ0v) is 14.9. The molecular weight excluding hydrogens is 347 g/mol. The third-order valence-electron chi connectivity index (χ3n) is 5.30. The van der Waals surface area contributed by atoms with E-state index in [1.807, 2.05) is 0 Å². The number of benzene rings is 2. The second kappa shape index (κ2) is 7.39. The first kappa shape index (κ1) is 17.5. The van der Waals surface area contributed by atoms with Gasteiger partial charge < -0.3 is 9.73 Å². The molecule has 1 fully saturated rings. The summed E-state index contributed by atoms with van der Waals surface area (Å²) in [6.07, 6.45) is 4.07. The maximum absolute atomic E-state index is 14.4. The monoisotopic (exact) mass is 368 g/mol. The predicted molar refractivity (Wildman–Crippen MR) is 99.7 cm³/mol. The SMILES string of the molecule is O=C(Cn1c(=O)oc2ccccc21)NC(c1ccccc1F)C1CCCC1. The Morgan fingerprint density at radius 3 is 2.63 bits per heavy atom. The van der Waals surface area contributed by atoms with Crippen LogP contribution < -0.4 is 11.1 Å². The molecule has 140 valence electrons. The van der Waals surface area contributed by atoms with Crippen LogP contribution in [0.4, 0.5) is 4.39 Å². The van der Waals surface area contributed by atoms with Crippen LogP contribution in [0.3, 0.4) is 0 Å². The standard InChI is InChI=1S/C21H21FN2O3/c22-16-10-4-3-9-15(16)20(14-7-1-2-8-14)23-19(25)13-24-17-11-5-6-12-18(17)27-21(24)26/h3-6,9-12,14,20H,1-2,7-8,13H2,(H,23,25). The molecule has 1 N–H and O–H groups in total. The summed E-state index contributed by atoms with van der Waals surface area (Å²) in [5.41, 5.74) is 1.51. The zero-order chi connectivity index (χ0) is 18.8. The molecule has 1 aliphatic carbocycles. The van der Waals surface area contributed by atoms with Crippen LogP contribution in [0.2, 0.25) is 0 Å². The van der Waals surface area contributed by atoms with Gasteiger partial charge in [0.05, 0.1) is 11.6 Å². The molecule has 6 heteroatoms. The molecule has 3 aromatic rings. The van der Waals surface area contributed by atoms with Gasteiger partial charge in [-0.15, -0.1) is 0 Å². The average Bonchev–Trinajstić information content (AvgIpc) is 3.29. The quantitative estimate of drug-likeness (QED) is 0.745. The van der Waals surface area contributed by atoms with Crippen LogP contribution >= 0.6 is 0 Å². The molecule has 1 heterocycles. The number of oxazole rings is 1. The molecule has 0 radical (unpaired) electrons. The Morgan fingerprint density at radius 2 is 1.85 bits per heavy atom. The Labute approximate surface area is 155 Å². The summed E-state index contributed by atoms with van der Waals surface area (Å²) in [7, 11) is 0. The molecule has 4 rings (SSSR count). The summed E-state index contributed by atoms with van der Waals surface area (Å²) < 4.78 is 20.9. The summed E-state index contributed by atoms with van der Waals surface area (Å²) in [4.78, 5) is 24.8. The van der Waals surface area contributed by atoms with Crippen molar-refractivity contribution in [3.63, 3.8) is 0 Å². The molecule has 1 saturated carbocycles. The number of rotatable bonds is 5. The van der Waals surface area contributed by atoms with Crippen molar-refractivity contribution >= 4 is 17.0 Å². The number of fused-ring (bicyclic) bond motifs is 1. The van der Waals surface area contributed by atoms with Crippen molar-refractivity contribution in [3.05, 3.63) is 70.5 Å². The molecule has 2 aromatic carbocycles. The van der Waals surface area contributed by atoms with Crippen LogP contribution in [-0.4, -0.2) is 10.5 Å². The van der Waals surface area contributed by atoms with Crippen LogP contribution in [0.15, 0.2) is 57.7 Å². The van der Waals surface area contributed by atoms with E-state index in [0.717, 1.165) is 25.7 Å². The fraction of sp³-hybridized carbons (Fsp3) is 0.333. The number of aromatic nitrogens is 1. The number of nitrogens with one attached hydrogen (secondary N) is 1. The van der Waals surface area contributed by atoms with Gasteiger partial charge in [-0.3, -0.25) is 9.36 Å². The lowest BCUT2D eigenvalue weighted by Gasteiger charge is -2.25. The third kappa shape index (κ3) is 3.52. The van der Waals surface area contributed by atoms with Gasteiger partial charge in [0.2, 0.25) is 5.91 Å². The number of carbonyl (C=O) groups excluding carboxylic acids is 1. The Hall–Kier alpha value is -2.89. The summed E-state index contributed by atoms with van der Waals surface area (Å²) in [5.74, 6) is -1.03. The normalized spacial score (nSPS) is 15.9.